The number of fused-ring (bicyclic) bond motifs is 3. The molecule has 2 aliphatic rings. The van der Waals surface area contributed by atoms with Gasteiger partial charge in [-0.05, 0) is 41.0 Å². The van der Waals surface area contributed by atoms with Crippen LogP contribution in [0.1, 0.15) is 59.1 Å². The summed E-state index contributed by atoms with van der Waals surface area (Å²) in [6, 6.07) is 11.0. The van der Waals surface area contributed by atoms with Gasteiger partial charge in [0.05, 0.1) is 23.0 Å². The van der Waals surface area contributed by atoms with E-state index >= 15 is 8.78 Å². The largest absolute Gasteiger partial charge is 0.364 e. The van der Waals surface area contributed by atoms with Crippen molar-refractivity contribution in [2.45, 2.75) is 76.7 Å². The lowest BCUT2D eigenvalue weighted by Gasteiger charge is -2.49. The highest BCUT2D eigenvalue weighted by atomic mass is 28.3. The molecular weight excluding hydrogens is 595 g/mol. The summed E-state index contributed by atoms with van der Waals surface area (Å²) in [6.45, 7) is 14.6. The Morgan fingerprint density at radius 2 is 1.76 bits per heavy atom. The molecule has 0 amide bonds. The Hall–Kier alpha value is -4.12. The van der Waals surface area contributed by atoms with Crippen LogP contribution in [0.25, 0.3) is 32.9 Å². The van der Waals surface area contributed by atoms with Gasteiger partial charge in [0.2, 0.25) is 0 Å². The Kier molecular flexibility index (Phi) is 8.48. The fourth-order valence-corrected chi connectivity index (χ4v) is 13.3. The summed E-state index contributed by atoms with van der Waals surface area (Å²) in [5.41, 5.74) is 6.55. The number of halogens is 2. The summed E-state index contributed by atoms with van der Waals surface area (Å²) in [4.78, 5) is 24.2. The first kappa shape index (κ1) is 31.8. The topological polar surface area (TPSA) is 73.1 Å². The first-order valence-corrected chi connectivity index (χ1v) is 18.2. The molecule has 2 atom stereocenters. The summed E-state index contributed by atoms with van der Waals surface area (Å²) in [5, 5.41) is 11.7. The van der Waals surface area contributed by atoms with Gasteiger partial charge < -0.3 is 14.5 Å². The number of anilines is 1. The molecule has 2 fully saturated rings. The summed E-state index contributed by atoms with van der Waals surface area (Å²) in [6.07, 6.45) is 4.60. The molecule has 6 nitrogen and oxygen atoms in total. The lowest BCUT2D eigenvalue weighted by atomic mass is 9.88. The van der Waals surface area contributed by atoms with E-state index in [4.69, 9.17) is 0 Å². The number of hydrogen-bond donors (Lipinski definition) is 0. The van der Waals surface area contributed by atoms with Crippen LogP contribution >= 0.6 is 0 Å². The Labute approximate surface area is 271 Å². The third-order valence-electron chi connectivity index (χ3n) is 10.3. The molecule has 4 heterocycles. The van der Waals surface area contributed by atoms with Gasteiger partial charge in [0.1, 0.15) is 31.2 Å². The molecule has 1 radical (unpaired) electrons. The molecular formula is C36H37BF2N5OSi. The smallest absolute Gasteiger partial charge is 0.293 e. The van der Waals surface area contributed by atoms with Crippen molar-refractivity contribution in [3.8, 4) is 28.8 Å². The molecule has 2 aromatic carbocycles. The predicted octanol–water partition coefficient (Wildman–Crippen LogP) is 7.24. The zero-order valence-electron chi connectivity index (χ0n) is 27.1. The number of carbonyl (C=O) groups excluding carboxylic acids is 1. The molecule has 0 bridgehead atoms. The fraction of sp³-hybridized carbons (Fsp3) is 0.389. The highest BCUT2D eigenvalue weighted by Gasteiger charge is 2.48. The Bertz CT molecular complexity index is 1940. The lowest BCUT2D eigenvalue weighted by Crippen LogP contribution is -2.63. The van der Waals surface area contributed by atoms with Crippen LogP contribution in [0.2, 0.25) is 16.6 Å². The highest BCUT2D eigenvalue weighted by Crippen LogP contribution is 2.43. The summed E-state index contributed by atoms with van der Waals surface area (Å²) in [5.74, 6) is 2.22. The van der Waals surface area contributed by atoms with Crippen molar-refractivity contribution in [2.24, 2.45) is 0 Å². The van der Waals surface area contributed by atoms with Crippen LogP contribution in [0, 0.1) is 34.4 Å². The summed E-state index contributed by atoms with van der Waals surface area (Å²) >= 11 is 0. The zero-order valence-corrected chi connectivity index (χ0v) is 28.1. The Balaban J connectivity index is 1.51. The van der Waals surface area contributed by atoms with Crippen LogP contribution in [-0.2, 0) is 4.79 Å². The van der Waals surface area contributed by atoms with E-state index < -0.39 is 19.7 Å². The van der Waals surface area contributed by atoms with Gasteiger partial charge in [0, 0.05) is 47.4 Å². The van der Waals surface area contributed by atoms with E-state index in [9.17, 15) is 10.1 Å². The van der Waals surface area contributed by atoms with E-state index in [0.29, 0.717) is 50.8 Å². The maximum Gasteiger partial charge on any atom is 0.293 e. The van der Waals surface area contributed by atoms with Crippen LogP contribution in [-0.4, -0.2) is 61.6 Å². The van der Waals surface area contributed by atoms with E-state index in [1.54, 1.807) is 25.7 Å². The van der Waals surface area contributed by atoms with E-state index in [0.717, 1.165) is 24.5 Å². The number of aromatic nitrogens is 2. The number of hydrogen-bond acceptors (Lipinski definition) is 6. The molecule has 233 valence electrons. The summed E-state index contributed by atoms with van der Waals surface area (Å²) in [7, 11) is -0.625. The Morgan fingerprint density at radius 1 is 1.02 bits per heavy atom. The van der Waals surface area contributed by atoms with Gasteiger partial charge in [-0.3, -0.25) is 9.97 Å². The van der Waals surface area contributed by atoms with Crippen LogP contribution < -0.4 is 4.90 Å². The molecule has 0 aliphatic carbocycles. The minimum absolute atomic E-state index is 0.0594. The van der Waals surface area contributed by atoms with Crippen LogP contribution in [0.3, 0.4) is 0 Å². The third-order valence-corrected chi connectivity index (χ3v) is 16.6. The van der Waals surface area contributed by atoms with Crippen molar-refractivity contribution in [3.63, 3.8) is 0 Å². The first-order valence-electron chi connectivity index (χ1n) is 16.0. The molecule has 0 unspecified atom stereocenters. The monoisotopic (exact) mass is 632 g/mol. The average molecular weight is 633 g/mol. The maximum absolute atomic E-state index is 16.6. The van der Waals surface area contributed by atoms with Crippen LogP contribution in [0.4, 0.5) is 14.5 Å². The van der Waals surface area contributed by atoms with Gasteiger partial charge in [0.15, 0.2) is 5.82 Å². The average Bonchev–Trinajstić information content (AvgIpc) is 3.32. The molecule has 46 heavy (non-hydrogen) atoms. The minimum Gasteiger partial charge on any atom is -0.364 e. The van der Waals surface area contributed by atoms with E-state index in [1.165, 1.54) is 12.3 Å². The van der Waals surface area contributed by atoms with Crippen molar-refractivity contribution in [1.29, 1.82) is 5.26 Å². The standard InChI is InChI=1S/C36H37BF2N5OSi/c1-21(2)46(22(3)4,23(5)6)15-13-26-29(38)11-10-24-8-7-9-27(32(24)26)34-33(39)35-28(18-42-34)36(25(16-40)17-41-35)43-19-31-30(43)12-14-44(31)37-20-45/h7-11,17-18,20-23,30-31H,12,14,19H2,1-6H3/t30-,31-/m1/s1. The normalized spacial score (nSPS) is 18.1. The van der Waals surface area contributed by atoms with Crippen molar-refractivity contribution in [1.82, 2.24) is 14.8 Å². The predicted molar refractivity (Wildman–Crippen MR) is 184 cm³/mol. The van der Waals surface area contributed by atoms with Crippen molar-refractivity contribution >= 4 is 49.0 Å². The van der Waals surface area contributed by atoms with Gasteiger partial charge in [0.25, 0.3) is 7.41 Å². The fourth-order valence-electron chi connectivity index (χ4n) is 8.14. The number of benzene rings is 2. The number of nitrogens with zero attached hydrogens (tertiary/aromatic N) is 5. The van der Waals surface area contributed by atoms with E-state index in [1.807, 2.05) is 16.9 Å². The molecule has 2 aromatic heterocycles. The Morgan fingerprint density at radius 3 is 2.43 bits per heavy atom. The third kappa shape index (κ3) is 4.90. The molecule has 6 rings (SSSR count). The minimum atomic E-state index is -2.19. The van der Waals surface area contributed by atoms with Gasteiger partial charge in [-0.15, -0.1) is 5.54 Å². The first-order chi connectivity index (χ1) is 22.0. The van der Waals surface area contributed by atoms with E-state index in [2.05, 4.69) is 73.9 Å². The van der Waals surface area contributed by atoms with Gasteiger partial charge in [-0.2, -0.15) is 5.26 Å². The number of pyridine rings is 2. The van der Waals surface area contributed by atoms with Gasteiger partial charge in [-0.1, -0.05) is 71.7 Å². The molecule has 2 aliphatic heterocycles. The highest BCUT2D eigenvalue weighted by molar-refractivity contribution is 6.90. The van der Waals surface area contributed by atoms with Gasteiger partial charge in [-0.25, -0.2) is 8.78 Å². The van der Waals surface area contributed by atoms with Crippen molar-refractivity contribution < 1.29 is 13.6 Å². The van der Waals surface area contributed by atoms with Crippen LogP contribution in [0.15, 0.2) is 42.7 Å². The zero-order chi connectivity index (χ0) is 32.9. The van der Waals surface area contributed by atoms with Crippen molar-refractivity contribution in [2.75, 3.05) is 18.0 Å². The number of carbonyl (C=O) groups is 1. The second-order valence-corrected chi connectivity index (χ2v) is 19.0. The molecule has 0 spiro atoms. The molecule has 10 heteroatoms. The molecule has 4 aromatic rings. The SMILES string of the molecule is CC(C)[Si](C#Cc1c(F)ccc2cccc(-c3ncc4c(N5C[C@@H]6[C@H]5CCN6[B]C=O)c(C#N)cnc4c3F)c12)(C(C)C)C(C)C. The maximum atomic E-state index is 16.6. The van der Waals surface area contributed by atoms with Crippen LogP contribution in [0.5, 0.6) is 0 Å². The molecule has 2 saturated heterocycles. The van der Waals surface area contributed by atoms with Gasteiger partial charge >= 0.3 is 0 Å². The summed E-state index contributed by atoms with van der Waals surface area (Å²) < 4.78 is 32.4. The number of nitriles is 1. The quantitative estimate of drug-likeness (QED) is 0.122. The van der Waals surface area contributed by atoms with Crippen molar-refractivity contribution in [3.05, 3.63) is 65.5 Å². The lowest BCUT2D eigenvalue weighted by molar-refractivity contribution is 0.307. The molecule has 0 saturated carbocycles. The second kappa shape index (κ2) is 12.2. The second-order valence-electron chi connectivity index (χ2n) is 13.4. The number of rotatable bonds is 7. The molecule has 0 N–H and O–H groups in total. The van der Waals surface area contributed by atoms with E-state index in [-0.39, 0.29) is 28.9 Å².